The molecule has 0 saturated heterocycles. The van der Waals surface area contributed by atoms with E-state index in [-0.39, 0.29) is 6.04 Å². The van der Waals surface area contributed by atoms with E-state index in [9.17, 15) is 0 Å². The molecule has 5 heteroatoms. The molecule has 112 valence electrons. The van der Waals surface area contributed by atoms with Crippen LogP contribution in [0.3, 0.4) is 0 Å². The summed E-state index contributed by atoms with van der Waals surface area (Å²) in [4.78, 5) is 0. The lowest BCUT2D eigenvalue weighted by atomic mass is 9.93. The molecule has 3 nitrogen and oxygen atoms in total. The minimum absolute atomic E-state index is 0.144. The quantitative estimate of drug-likeness (QED) is 0.577. The maximum Gasteiger partial charge on any atom is 0.124 e. The lowest BCUT2D eigenvalue weighted by Crippen LogP contribution is -2.29. The summed E-state index contributed by atoms with van der Waals surface area (Å²) in [6.07, 6.45) is 0. The van der Waals surface area contributed by atoms with Crippen LogP contribution in [0.1, 0.15) is 28.3 Å². The van der Waals surface area contributed by atoms with Crippen molar-refractivity contribution < 1.29 is 4.74 Å². The number of aryl methyl sites for hydroxylation is 2. The molecule has 0 radical (unpaired) electrons. The third kappa shape index (κ3) is 3.66. The SMILES string of the molecule is COc1cc(C)cc(C)c1C(NN)c1cc(Br)cc(Br)c1. The molecule has 0 heterocycles. The fourth-order valence-corrected chi connectivity index (χ4v) is 3.90. The summed E-state index contributed by atoms with van der Waals surface area (Å²) < 4.78 is 7.55. The normalized spacial score (nSPS) is 12.3. The molecular formula is C16H18Br2N2O. The van der Waals surface area contributed by atoms with Crippen LogP contribution in [0.4, 0.5) is 0 Å². The lowest BCUT2D eigenvalue weighted by molar-refractivity contribution is 0.403. The Morgan fingerprint density at radius 1 is 1.05 bits per heavy atom. The molecule has 2 aromatic carbocycles. The highest BCUT2D eigenvalue weighted by Gasteiger charge is 2.20. The standard InChI is InChI=1S/C16H18Br2N2O/c1-9-4-10(2)15(14(5-9)21-3)16(20-19)11-6-12(17)8-13(18)7-11/h4-8,16,20H,19H2,1-3H3. The smallest absolute Gasteiger partial charge is 0.124 e. The summed E-state index contributed by atoms with van der Waals surface area (Å²) in [5, 5.41) is 0. The summed E-state index contributed by atoms with van der Waals surface area (Å²) in [5.74, 6) is 6.67. The predicted octanol–water partition coefficient (Wildman–Crippen LogP) is 4.39. The highest BCUT2D eigenvalue weighted by Crippen LogP contribution is 2.35. The van der Waals surface area contributed by atoms with E-state index >= 15 is 0 Å². The fourth-order valence-electron chi connectivity index (χ4n) is 2.57. The van der Waals surface area contributed by atoms with E-state index in [0.29, 0.717) is 0 Å². The van der Waals surface area contributed by atoms with Crippen molar-refractivity contribution in [2.45, 2.75) is 19.9 Å². The van der Waals surface area contributed by atoms with Gasteiger partial charge in [0.1, 0.15) is 5.75 Å². The van der Waals surface area contributed by atoms with Crippen LogP contribution in [-0.2, 0) is 0 Å². The molecule has 21 heavy (non-hydrogen) atoms. The van der Waals surface area contributed by atoms with Crippen LogP contribution >= 0.6 is 31.9 Å². The number of hydrogen-bond acceptors (Lipinski definition) is 3. The second-order valence-electron chi connectivity index (χ2n) is 5.00. The van der Waals surface area contributed by atoms with Gasteiger partial charge in [-0.05, 0) is 54.8 Å². The van der Waals surface area contributed by atoms with Crippen molar-refractivity contribution in [1.82, 2.24) is 5.43 Å². The summed E-state index contributed by atoms with van der Waals surface area (Å²) >= 11 is 7.04. The zero-order valence-corrected chi connectivity index (χ0v) is 15.4. The topological polar surface area (TPSA) is 47.3 Å². The van der Waals surface area contributed by atoms with Crippen molar-refractivity contribution in [3.8, 4) is 5.75 Å². The molecule has 0 amide bonds. The van der Waals surface area contributed by atoms with Gasteiger partial charge in [-0.3, -0.25) is 5.84 Å². The minimum atomic E-state index is -0.144. The Labute approximate surface area is 142 Å². The van der Waals surface area contributed by atoms with Gasteiger partial charge in [0.2, 0.25) is 0 Å². The van der Waals surface area contributed by atoms with E-state index in [1.807, 2.05) is 24.3 Å². The summed E-state index contributed by atoms with van der Waals surface area (Å²) in [5.41, 5.74) is 7.32. The Balaban J connectivity index is 2.61. The summed E-state index contributed by atoms with van der Waals surface area (Å²) in [6, 6.07) is 10.1. The lowest BCUT2D eigenvalue weighted by Gasteiger charge is -2.23. The Bertz CT molecular complexity index is 639. The second-order valence-corrected chi connectivity index (χ2v) is 6.83. The van der Waals surface area contributed by atoms with Crippen molar-refractivity contribution in [2.75, 3.05) is 7.11 Å². The maximum absolute atomic E-state index is 5.83. The van der Waals surface area contributed by atoms with Gasteiger partial charge in [-0.15, -0.1) is 0 Å². The molecule has 0 aromatic heterocycles. The summed E-state index contributed by atoms with van der Waals surface area (Å²) in [7, 11) is 1.68. The van der Waals surface area contributed by atoms with Crippen LogP contribution in [0.5, 0.6) is 5.75 Å². The molecule has 1 unspecified atom stereocenters. The minimum Gasteiger partial charge on any atom is -0.496 e. The summed E-state index contributed by atoms with van der Waals surface area (Å²) in [6.45, 7) is 4.13. The highest BCUT2D eigenvalue weighted by molar-refractivity contribution is 9.11. The number of ether oxygens (including phenoxy) is 1. The van der Waals surface area contributed by atoms with E-state index in [2.05, 4.69) is 57.2 Å². The average molecular weight is 414 g/mol. The van der Waals surface area contributed by atoms with Crippen LogP contribution in [0.2, 0.25) is 0 Å². The van der Waals surface area contributed by atoms with Crippen LogP contribution < -0.4 is 16.0 Å². The van der Waals surface area contributed by atoms with E-state index in [4.69, 9.17) is 10.6 Å². The average Bonchev–Trinajstić information content (AvgIpc) is 2.40. The largest absolute Gasteiger partial charge is 0.496 e. The molecule has 0 saturated carbocycles. The number of halogens is 2. The van der Waals surface area contributed by atoms with Crippen molar-refractivity contribution in [1.29, 1.82) is 0 Å². The number of nitrogens with two attached hydrogens (primary N) is 1. The maximum atomic E-state index is 5.83. The van der Waals surface area contributed by atoms with E-state index in [1.54, 1.807) is 7.11 Å². The van der Waals surface area contributed by atoms with Gasteiger partial charge in [0.25, 0.3) is 0 Å². The first-order valence-corrected chi connectivity index (χ1v) is 8.12. The van der Waals surface area contributed by atoms with E-state index in [1.165, 1.54) is 5.56 Å². The predicted molar refractivity (Wildman–Crippen MR) is 93.5 cm³/mol. The first-order valence-electron chi connectivity index (χ1n) is 6.53. The van der Waals surface area contributed by atoms with Gasteiger partial charge in [-0.2, -0.15) is 0 Å². The monoisotopic (exact) mass is 412 g/mol. The number of rotatable bonds is 4. The van der Waals surface area contributed by atoms with E-state index in [0.717, 1.165) is 31.4 Å². The molecule has 3 N–H and O–H groups in total. The number of benzene rings is 2. The molecule has 0 aliphatic rings. The Hall–Kier alpha value is -0.880. The molecule has 0 fully saturated rings. The molecular weight excluding hydrogens is 396 g/mol. The zero-order chi connectivity index (χ0) is 15.6. The fraction of sp³-hybridized carbons (Fsp3) is 0.250. The number of methoxy groups -OCH3 is 1. The molecule has 2 rings (SSSR count). The first kappa shape index (κ1) is 16.5. The Morgan fingerprint density at radius 2 is 1.67 bits per heavy atom. The highest BCUT2D eigenvalue weighted by atomic mass is 79.9. The van der Waals surface area contributed by atoms with Gasteiger partial charge in [0, 0.05) is 14.5 Å². The van der Waals surface area contributed by atoms with Crippen LogP contribution in [0, 0.1) is 13.8 Å². The molecule has 1 atom stereocenters. The van der Waals surface area contributed by atoms with Gasteiger partial charge in [-0.25, -0.2) is 5.43 Å². The zero-order valence-electron chi connectivity index (χ0n) is 12.2. The molecule has 0 bridgehead atoms. The molecule has 0 aliphatic heterocycles. The van der Waals surface area contributed by atoms with Crippen LogP contribution in [-0.4, -0.2) is 7.11 Å². The van der Waals surface area contributed by atoms with Crippen molar-refractivity contribution in [3.63, 3.8) is 0 Å². The Morgan fingerprint density at radius 3 is 2.19 bits per heavy atom. The third-order valence-electron chi connectivity index (χ3n) is 3.39. The molecule has 2 aromatic rings. The Kier molecular flexibility index (Phi) is 5.43. The second kappa shape index (κ2) is 6.92. The first-order chi connectivity index (χ1) is 9.96. The van der Waals surface area contributed by atoms with Gasteiger partial charge in [0.05, 0.1) is 13.2 Å². The molecule has 0 aliphatic carbocycles. The number of hydrazine groups is 1. The van der Waals surface area contributed by atoms with Gasteiger partial charge in [0.15, 0.2) is 0 Å². The van der Waals surface area contributed by atoms with Crippen LogP contribution in [0.25, 0.3) is 0 Å². The van der Waals surface area contributed by atoms with Gasteiger partial charge < -0.3 is 4.74 Å². The molecule has 0 spiro atoms. The van der Waals surface area contributed by atoms with Gasteiger partial charge in [-0.1, -0.05) is 37.9 Å². The van der Waals surface area contributed by atoms with Crippen molar-refractivity contribution >= 4 is 31.9 Å². The third-order valence-corrected chi connectivity index (χ3v) is 4.30. The van der Waals surface area contributed by atoms with Crippen molar-refractivity contribution in [2.24, 2.45) is 5.84 Å². The van der Waals surface area contributed by atoms with Crippen molar-refractivity contribution in [3.05, 3.63) is 61.5 Å². The van der Waals surface area contributed by atoms with Gasteiger partial charge >= 0.3 is 0 Å². The van der Waals surface area contributed by atoms with E-state index < -0.39 is 0 Å². The van der Waals surface area contributed by atoms with Crippen LogP contribution in [0.15, 0.2) is 39.3 Å². The number of nitrogens with one attached hydrogen (secondary N) is 1. The number of hydrogen-bond donors (Lipinski definition) is 2.